The van der Waals surface area contributed by atoms with Gasteiger partial charge in [-0.3, -0.25) is 4.79 Å². The van der Waals surface area contributed by atoms with Crippen molar-refractivity contribution in [2.75, 3.05) is 0 Å². The van der Waals surface area contributed by atoms with E-state index in [0.717, 1.165) is 11.0 Å². The van der Waals surface area contributed by atoms with Crippen LogP contribution < -0.4 is 16.1 Å². The largest absolute Gasteiger partial charge is 0.494 e. The number of alkyl carbamates (subject to hydrolysis) is 1. The van der Waals surface area contributed by atoms with Crippen LogP contribution in [0.1, 0.15) is 67.9 Å². The van der Waals surface area contributed by atoms with Crippen molar-refractivity contribution in [1.82, 2.24) is 10.6 Å². The van der Waals surface area contributed by atoms with Crippen molar-refractivity contribution in [3.63, 3.8) is 0 Å². The van der Waals surface area contributed by atoms with Crippen LogP contribution in [0.5, 0.6) is 0 Å². The SMILES string of the molecule is CC(C)NC(=O)C(Cc1ccc(B2OC(C)(C)C(C)(C)O2)cc1)NC(=O)OC(C)(C)C. The molecule has 1 aromatic rings. The molecule has 2 N–H and O–H groups in total. The molecule has 0 aromatic heterocycles. The van der Waals surface area contributed by atoms with Crippen molar-refractivity contribution in [1.29, 1.82) is 0 Å². The maximum atomic E-state index is 12.7. The van der Waals surface area contributed by atoms with E-state index >= 15 is 0 Å². The summed E-state index contributed by atoms with van der Waals surface area (Å²) >= 11 is 0. The molecule has 1 aromatic carbocycles. The molecule has 0 radical (unpaired) electrons. The second kappa shape index (κ2) is 9.21. The van der Waals surface area contributed by atoms with E-state index in [-0.39, 0.29) is 11.9 Å². The van der Waals surface area contributed by atoms with Gasteiger partial charge >= 0.3 is 13.2 Å². The van der Waals surface area contributed by atoms with E-state index in [1.165, 1.54) is 0 Å². The molecule has 1 aliphatic heterocycles. The van der Waals surface area contributed by atoms with Crippen LogP contribution in [-0.4, -0.2) is 48.0 Å². The van der Waals surface area contributed by atoms with Gasteiger partial charge in [0.05, 0.1) is 11.2 Å². The molecule has 0 spiro atoms. The van der Waals surface area contributed by atoms with Crippen LogP contribution in [0, 0.1) is 0 Å². The summed E-state index contributed by atoms with van der Waals surface area (Å²) in [5, 5.41) is 5.55. The fourth-order valence-corrected chi connectivity index (χ4v) is 3.07. The number of benzene rings is 1. The average molecular weight is 432 g/mol. The van der Waals surface area contributed by atoms with Gasteiger partial charge in [-0.1, -0.05) is 24.3 Å². The maximum Gasteiger partial charge on any atom is 0.494 e. The second-order valence-electron chi connectivity index (χ2n) is 10.4. The van der Waals surface area contributed by atoms with E-state index in [2.05, 4.69) is 10.6 Å². The lowest BCUT2D eigenvalue weighted by atomic mass is 9.78. The van der Waals surface area contributed by atoms with Crippen LogP contribution in [-0.2, 0) is 25.3 Å². The molecule has 1 heterocycles. The number of carbonyl (C=O) groups excluding carboxylic acids is 2. The van der Waals surface area contributed by atoms with E-state index in [9.17, 15) is 9.59 Å². The van der Waals surface area contributed by atoms with E-state index < -0.39 is 36.1 Å². The summed E-state index contributed by atoms with van der Waals surface area (Å²) in [4.78, 5) is 24.9. The van der Waals surface area contributed by atoms with Crippen molar-refractivity contribution in [3.8, 4) is 0 Å². The van der Waals surface area contributed by atoms with Gasteiger partial charge < -0.3 is 24.7 Å². The monoisotopic (exact) mass is 432 g/mol. The number of hydrogen-bond acceptors (Lipinski definition) is 5. The zero-order valence-electron chi connectivity index (χ0n) is 20.3. The van der Waals surface area contributed by atoms with Gasteiger partial charge in [0.25, 0.3) is 0 Å². The van der Waals surface area contributed by atoms with Crippen molar-refractivity contribution >= 4 is 24.6 Å². The van der Waals surface area contributed by atoms with Gasteiger partial charge in [-0.25, -0.2) is 4.79 Å². The quantitative estimate of drug-likeness (QED) is 0.676. The van der Waals surface area contributed by atoms with E-state index in [1.807, 2.05) is 65.8 Å². The first-order valence-electron chi connectivity index (χ1n) is 10.8. The van der Waals surface area contributed by atoms with Crippen LogP contribution in [0.3, 0.4) is 0 Å². The minimum Gasteiger partial charge on any atom is -0.444 e. The summed E-state index contributed by atoms with van der Waals surface area (Å²) in [5.74, 6) is -0.254. The van der Waals surface area contributed by atoms with Crippen LogP contribution in [0.15, 0.2) is 24.3 Å². The third-order valence-corrected chi connectivity index (χ3v) is 5.38. The Bertz CT molecular complexity index is 768. The molecular formula is C23H37BN2O5. The Kier molecular flexibility index (Phi) is 7.49. The molecular weight excluding hydrogens is 395 g/mol. The van der Waals surface area contributed by atoms with Gasteiger partial charge in [-0.15, -0.1) is 0 Å². The lowest BCUT2D eigenvalue weighted by Gasteiger charge is -2.32. The number of rotatable bonds is 6. The van der Waals surface area contributed by atoms with E-state index in [0.29, 0.717) is 6.42 Å². The molecule has 8 heteroatoms. The van der Waals surface area contributed by atoms with Crippen molar-refractivity contribution < 1.29 is 23.6 Å². The number of carbonyl (C=O) groups is 2. The molecule has 31 heavy (non-hydrogen) atoms. The predicted octanol–water partition coefficient (Wildman–Crippen LogP) is 2.95. The van der Waals surface area contributed by atoms with Crippen LogP contribution >= 0.6 is 0 Å². The first kappa shape index (κ1) is 25.2. The zero-order chi connectivity index (χ0) is 23.6. The first-order chi connectivity index (χ1) is 14.1. The summed E-state index contributed by atoms with van der Waals surface area (Å²) in [5.41, 5.74) is 0.348. The minimum absolute atomic E-state index is 0.0406. The third kappa shape index (κ3) is 6.97. The van der Waals surface area contributed by atoms with E-state index in [1.54, 1.807) is 20.8 Å². The average Bonchev–Trinajstić information content (AvgIpc) is 2.80. The van der Waals surface area contributed by atoms with Crippen LogP contribution in [0.25, 0.3) is 0 Å². The molecule has 7 nitrogen and oxygen atoms in total. The maximum absolute atomic E-state index is 12.7. The van der Waals surface area contributed by atoms with Crippen molar-refractivity contribution in [3.05, 3.63) is 29.8 Å². The van der Waals surface area contributed by atoms with Crippen LogP contribution in [0.4, 0.5) is 4.79 Å². The minimum atomic E-state index is -0.750. The fraction of sp³-hybridized carbons (Fsp3) is 0.652. The second-order valence-corrected chi connectivity index (χ2v) is 10.4. The highest BCUT2D eigenvalue weighted by molar-refractivity contribution is 6.62. The summed E-state index contributed by atoms with van der Waals surface area (Å²) in [6.45, 7) is 17.2. The number of nitrogens with one attached hydrogen (secondary N) is 2. The molecule has 1 unspecified atom stereocenters. The zero-order valence-corrected chi connectivity index (χ0v) is 20.3. The first-order valence-corrected chi connectivity index (χ1v) is 10.8. The van der Waals surface area contributed by atoms with Gasteiger partial charge in [0, 0.05) is 12.5 Å². The summed E-state index contributed by atoms with van der Waals surface area (Å²) in [7, 11) is -0.445. The molecule has 0 saturated carbocycles. The number of hydrogen-bond donors (Lipinski definition) is 2. The highest BCUT2D eigenvalue weighted by Gasteiger charge is 2.51. The molecule has 1 saturated heterocycles. The molecule has 1 aliphatic rings. The highest BCUT2D eigenvalue weighted by atomic mass is 16.7. The van der Waals surface area contributed by atoms with Crippen LogP contribution in [0.2, 0.25) is 0 Å². The lowest BCUT2D eigenvalue weighted by molar-refractivity contribution is -0.123. The van der Waals surface area contributed by atoms with Gasteiger partial charge in [0.15, 0.2) is 0 Å². The molecule has 172 valence electrons. The van der Waals surface area contributed by atoms with Gasteiger partial charge in [0.2, 0.25) is 5.91 Å². The molecule has 2 amide bonds. The summed E-state index contributed by atoms with van der Waals surface area (Å²) in [6.07, 6.45) is -0.285. The predicted molar refractivity (Wildman–Crippen MR) is 122 cm³/mol. The Labute approximate surface area is 186 Å². The Morgan fingerprint density at radius 3 is 1.97 bits per heavy atom. The summed E-state index contributed by atoms with van der Waals surface area (Å²) < 4.78 is 17.5. The van der Waals surface area contributed by atoms with Gasteiger partial charge in [-0.05, 0) is 73.3 Å². The molecule has 1 fully saturated rings. The molecule has 0 aliphatic carbocycles. The topological polar surface area (TPSA) is 85.9 Å². The number of ether oxygens (including phenoxy) is 1. The van der Waals surface area contributed by atoms with E-state index in [4.69, 9.17) is 14.0 Å². The fourth-order valence-electron chi connectivity index (χ4n) is 3.07. The molecule has 0 bridgehead atoms. The van der Waals surface area contributed by atoms with Crippen molar-refractivity contribution in [2.45, 2.75) is 97.6 Å². The normalized spacial score (nSPS) is 18.6. The standard InChI is InChI=1S/C23H37BN2O5/c1-15(2)25-19(27)18(26-20(28)29-21(3,4)5)14-16-10-12-17(13-11-16)24-30-22(6,7)23(8,9)31-24/h10-13,15,18H,14H2,1-9H3,(H,25,27)(H,26,28). The highest BCUT2D eigenvalue weighted by Crippen LogP contribution is 2.36. The van der Waals surface area contributed by atoms with Crippen molar-refractivity contribution in [2.24, 2.45) is 0 Å². The Balaban J connectivity index is 2.11. The number of amides is 2. The Morgan fingerprint density at radius 2 is 1.52 bits per heavy atom. The van der Waals surface area contributed by atoms with Gasteiger partial charge in [-0.2, -0.15) is 0 Å². The third-order valence-electron chi connectivity index (χ3n) is 5.38. The van der Waals surface area contributed by atoms with Gasteiger partial charge in [0.1, 0.15) is 11.6 Å². The Hall–Kier alpha value is -2.06. The lowest BCUT2D eigenvalue weighted by Crippen LogP contribution is -2.50. The smallest absolute Gasteiger partial charge is 0.444 e. The Morgan fingerprint density at radius 1 is 1.00 bits per heavy atom. The molecule has 1 atom stereocenters. The molecule has 2 rings (SSSR count). The summed E-state index contributed by atoms with van der Waals surface area (Å²) in [6, 6.07) is 6.92.